The second-order valence-electron chi connectivity index (χ2n) is 10.3. The molecule has 1 unspecified atom stereocenters. The summed E-state index contributed by atoms with van der Waals surface area (Å²) in [7, 11) is 3.17. The molecule has 3 N–H and O–H groups in total. The van der Waals surface area contributed by atoms with E-state index in [4.69, 9.17) is 0 Å². The first-order valence-electron chi connectivity index (χ1n) is 13.7. The fourth-order valence-corrected chi connectivity index (χ4v) is 5.05. The summed E-state index contributed by atoms with van der Waals surface area (Å²) < 4.78 is 32.2. The van der Waals surface area contributed by atoms with E-state index in [1.165, 1.54) is 41.9 Å². The molecule has 1 atom stereocenters. The van der Waals surface area contributed by atoms with Crippen LogP contribution in [0.25, 0.3) is 27.8 Å². The summed E-state index contributed by atoms with van der Waals surface area (Å²) in [5, 5.41) is 8.81. The number of nitrogens with one attached hydrogen (secondary N) is 3. The van der Waals surface area contributed by atoms with Gasteiger partial charge < -0.3 is 25.1 Å². The number of pyridine rings is 1. The summed E-state index contributed by atoms with van der Waals surface area (Å²) in [5.41, 5.74) is 3.55. The quantitative estimate of drug-likeness (QED) is 0.240. The van der Waals surface area contributed by atoms with Crippen molar-refractivity contribution in [2.75, 3.05) is 19.4 Å². The van der Waals surface area contributed by atoms with Crippen LogP contribution in [0.1, 0.15) is 28.4 Å². The highest BCUT2D eigenvalue weighted by Crippen LogP contribution is 2.27. The number of hydrogen-bond donors (Lipinski definition) is 3. The fourth-order valence-electron chi connectivity index (χ4n) is 5.05. The molecule has 2 aromatic heterocycles. The number of nitrogens with zero attached hydrogens (tertiary/aromatic N) is 2. The molecule has 0 aliphatic rings. The zero-order chi connectivity index (χ0) is 30.8. The first-order chi connectivity index (χ1) is 20.6. The van der Waals surface area contributed by atoms with Crippen LogP contribution in [-0.4, -0.2) is 41.1 Å². The number of fused-ring (bicyclic) bond motifs is 1. The van der Waals surface area contributed by atoms with Gasteiger partial charge in [-0.2, -0.15) is 0 Å². The molecule has 0 spiro atoms. The number of aryl methyl sites for hydroxylation is 1. The molecular formula is C33H31F2N5O3. The molecule has 0 saturated carbocycles. The summed E-state index contributed by atoms with van der Waals surface area (Å²) >= 11 is 0. The van der Waals surface area contributed by atoms with Crippen molar-refractivity contribution in [1.29, 1.82) is 0 Å². The lowest BCUT2D eigenvalue weighted by Crippen LogP contribution is -2.37. The van der Waals surface area contributed by atoms with Gasteiger partial charge in [0.25, 0.3) is 11.5 Å². The number of benzene rings is 3. The van der Waals surface area contributed by atoms with Crippen molar-refractivity contribution in [3.05, 3.63) is 118 Å². The van der Waals surface area contributed by atoms with E-state index in [0.29, 0.717) is 39.0 Å². The second-order valence-corrected chi connectivity index (χ2v) is 10.3. The van der Waals surface area contributed by atoms with Gasteiger partial charge in [-0.25, -0.2) is 8.78 Å². The van der Waals surface area contributed by atoms with E-state index in [1.54, 1.807) is 61.0 Å². The van der Waals surface area contributed by atoms with Gasteiger partial charge >= 0.3 is 0 Å². The summed E-state index contributed by atoms with van der Waals surface area (Å²) in [5.74, 6) is -1.56. The van der Waals surface area contributed by atoms with Crippen LogP contribution in [0.2, 0.25) is 0 Å². The van der Waals surface area contributed by atoms with Gasteiger partial charge in [-0.1, -0.05) is 12.1 Å². The first-order valence-corrected chi connectivity index (χ1v) is 13.7. The number of anilines is 1. The van der Waals surface area contributed by atoms with Crippen molar-refractivity contribution in [1.82, 2.24) is 19.8 Å². The van der Waals surface area contributed by atoms with Gasteiger partial charge in [0.2, 0.25) is 5.91 Å². The Morgan fingerprint density at radius 2 is 1.72 bits per heavy atom. The van der Waals surface area contributed by atoms with Gasteiger partial charge in [0.05, 0.1) is 23.8 Å². The van der Waals surface area contributed by atoms with Crippen LogP contribution in [0.15, 0.2) is 83.8 Å². The van der Waals surface area contributed by atoms with Crippen molar-refractivity contribution in [3.8, 4) is 16.9 Å². The molecule has 10 heteroatoms. The number of likely N-dealkylation sites (N-methyl/N-ethyl adjacent to an activating group) is 1. The standard InChI is InChI=1S/C33H31F2N5O3/c1-19-17-39(30-10-8-24(34)16-27(19)30)26-13-21(12-25(35)15-26)18-40-29(22-6-5-7-23(14-22)32(42)37-4)11-9-28(33(40)43)38-31(41)20(2)36-3/h5-17,20,36H,18H2,1-4H3,(H,37,42)(H,38,41). The van der Waals surface area contributed by atoms with Gasteiger partial charge in [-0.15, -0.1) is 0 Å². The predicted molar refractivity (Wildman–Crippen MR) is 164 cm³/mol. The summed E-state index contributed by atoms with van der Waals surface area (Å²) in [4.78, 5) is 38.8. The number of hydrogen-bond acceptors (Lipinski definition) is 4. The zero-order valence-corrected chi connectivity index (χ0v) is 24.2. The third-order valence-electron chi connectivity index (χ3n) is 7.43. The van der Waals surface area contributed by atoms with E-state index < -0.39 is 17.4 Å². The van der Waals surface area contributed by atoms with Crippen LogP contribution in [0.3, 0.4) is 0 Å². The average molecular weight is 584 g/mol. The monoisotopic (exact) mass is 583 g/mol. The maximum absolute atomic E-state index is 15.1. The zero-order valence-electron chi connectivity index (χ0n) is 24.2. The Balaban J connectivity index is 1.64. The lowest BCUT2D eigenvalue weighted by atomic mass is 10.1. The largest absolute Gasteiger partial charge is 0.355 e. The lowest BCUT2D eigenvalue weighted by molar-refractivity contribution is -0.117. The molecular weight excluding hydrogens is 552 g/mol. The van der Waals surface area contributed by atoms with Gasteiger partial charge in [0.15, 0.2) is 0 Å². The molecule has 5 rings (SSSR count). The van der Waals surface area contributed by atoms with Crippen molar-refractivity contribution < 1.29 is 18.4 Å². The topological polar surface area (TPSA) is 97.2 Å². The molecule has 0 fully saturated rings. The van der Waals surface area contributed by atoms with E-state index in [1.807, 2.05) is 13.1 Å². The van der Waals surface area contributed by atoms with Crippen molar-refractivity contribution in [2.45, 2.75) is 26.4 Å². The summed E-state index contributed by atoms with van der Waals surface area (Å²) in [6.45, 7) is 3.48. The molecule has 220 valence electrons. The van der Waals surface area contributed by atoms with Gasteiger partial charge in [0, 0.05) is 29.9 Å². The van der Waals surface area contributed by atoms with Crippen molar-refractivity contribution in [2.24, 2.45) is 0 Å². The van der Waals surface area contributed by atoms with Crippen molar-refractivity contribution >= 4 is 28.4 Å². The van der Waals surface area contributed by atoms with Crippen LogP contribution in [0.4, 0.5) is 14.5 Å². The number of rotatable bonds is 8. The average Bonchev–Trinajstić information content (AvgIpc) is 3.33. The number of aromatic nitrogens is 2. The van der Waals surface area contributed by atoms with Gasteiger partial charge in [0.1, 0.15) is 17.3 Å². The predicted octanol–water partition coefficient (Wildman–Crippen LogP) is 5.00. The normalized spacial score (nSPS) is 11.9. The minimum atomic E-state index is -0.545. The molecule has 0 saturated heterocycles. The maximum atomic E-state index is 15.1. The second kappa shape index (κ2) is 12.0. The molecule has 0 aliphatic carbocycles. The third-order valence-corrected chi connectivity index (χ3v) is 7.43. The first kappa shape index (κ1) is 29.4. The number of carbonyl (C=O) groups is 2. The molecule has 0 radical (unpaired) electrons. The molecule has 2 heterocycles. The van der Waals surface area contributed by atoms with E-state index >= 15 is 4.39 Å². The third kappa shape index (κ3) is 5.96. The Morgan fingerprint density at radius 3 is 2.47 bits per heavy atom. The van der Waals surface area contributed by atoms with E-state index in [2.05, 4.69) is 16.0 Å². The number of carbonyl (C=O) groups excluding carboxylic acids is 2. The Kier molecular flexibility index (Phi) is 8.22. The van der Waals surface area contributed by atoms with E-state index in [9.17, 15) is 18.8 Å². The SMILES string of the molecule is CNC(=O)c1cccc(-c2ccc(NC(=O)C(C)NC)c(=O)n2Cc2cc(F)cc(-n3cc(C)c4cc(F)ccc43)c2)c1. The number of amides is 2. The lowest BCUT2D eigenvalue weighted by Gasteiger charge is -2.18. The van der Waals surface area contributed by atoms with Gasteiger partial charge in [-0.05, 0) is 98.2 Å². The highest BCUT2D eigenvalue weighted by Gasteiger charge is 2.18. The van der Waals surface area contributed by atoms with Crippen LogP contribution in [-0.2, 0) is 11.3 Å². The summed E-state index contributed by atoms with van der Waals surface area (Å²) in [6, 6.07) is 18.4. The molecule has 43 heavy (non-hydrogen) atoms. The molecule has 0 aliphatic heterocycles. The van der Waals surface area contributed by atoms with E-state index in [-0.39, 0.29) is 29.9 Å². The highest BCUT2D eigenvalue weighted by molar-refractivity contribution is 5.96. The molecule has 3 aromatic carbocycles. The van der Waals surface area contributed by atoms with Crippen LogP contribution >= 0.6 is 0 Å². The Labute approximate surface area is 247 Å². The maximum Gasteiger partial charge on any atom is 0.275 e. The minimum absolute atomic E-state index is 0.0404. The highest BCUT2D eigenvalue weighted by atomic mass is 19.1. The Morgan fingerprint density at radius 1 is 0.930 bits per heavy atom. The van der Waals surface area contributed by atoms with Crippen LogP contribution < -0.4 is 21.5 Å². The van der Waals surface area contributed by atoms with E-state index in [0.717, 1.165) is 5.56 Å². The minimum Gasteiger partial charge on any atom is -0.355 e. The Bertz CT molecular complexity index is 1930. The molecule has 0 bridgehead atoms. The number of halogens is 2. The van der Waals surface area contributed by atoms with Crippen molar-refractivity contribution in [3.63, 3.8) is 0 Å². The smallest absolute Gasteiger partial charge is 0.275 e. The Hall–Kier alpha value is -5.09. The van der Waals surface area contributed by atoms with Crippen LogP contribution in [0.5, 0.6) is 0 Å². The fraction of sp³-hybridized carbons (Fsp3) is 0.182. The molecule has 8 nitrogen and oxygen atoms in total. The molecule has 2 amide bonds. The molecule has 5 aromatic rings. The summed E-state index contributed by atoms with van der Waals surface area (Å²) in [6.07, 6.45) is 1.81. The van der Waals surface area contributed by atoms with Crippen LogP contribution in [0, 0.1) is 18.6 Å². The van der Waals surface area contributed by atoms with Gasteiger partial charge in [-0.3, -0.25) is 14.4 Å².